The van der Waals surface area contributed by atoms with Crippen molar-refractivity contribution in [2.24, 2.45) is 0 Å². The SMILES string of the molecule is Nc1cc(NCc2cc(F)ccc2Br)nc(N)n1. The quantitative estimate of drug-likeness (QED) is 0.808. The van der Waals surface area contributed by atoms with Gasteiger partial charge in [0.2, 0.25) is 5.95 Å². The molecular formula is C11H11BrFN5. The highest BCUT2D eigenvalue weighted by Crippen LogP contribution is 2.19. The van der Waals surface area contributed by atoms with Gasteiger partial charge in [0.1, 0.15) is 17.5 Å². The number of nitrogens with one attached hydrogen (secondary N) is 1. The van der Waals surface area contributed by atoms with Crippen LogP contribution in [0.1, 0.15) is 5.56 Å². The molecule has 5 N–H and O–H groups in total. The van der Waals surface area contributed by atoms with Crippen LogP contribution in [0.4, 0.5) is 22.0 Å². The Bertz CT molecular complexity index is 555. The first-order valence-corrected chi connectivity index (χ1v) is 5.92. The summed E-state index contributed by atoms with van der Waals surface area (Å²) in [7, 11) is 0. The first-order valence-electron chi connectivity index (χ1n) is 5.12. The second-order valence-corrected chi connectivity index (χ2v) is 4.48. The lowest BCUT2D eigenvalue weighted by Crippen LogP contribution is -2.06. The van der Waals surface area contributed by atoms with E-state index in [1.54, 1.807) is 12.1 Å². The van der Waals surface area contributed by atoms with Crippen molar-refractivity contribution in [1.82, 2.24) is 9.97 Å². The molecule has 1 aromatic carbocycles. The Balaban J connectivity index is 2.13. The highest BCUT2D eigenvalue weighted by atomic mass is 79.9. The van der Waals surface area contributed by atoms with Gasteiger partial charge in [-0.3, -0.25) is 0 Å². The van der Waals surface area contributed by atoms with Crippen LogP contribution < -0.4 is 16.8 Å². The third kappa shape index (κ3) is 3.07. The molecular weight excluding hydrogens is 301 g/mol. The van der Waals surface area contributed by atoms with Gasteiger partial charge in [-0.25, -0.2) is 4.39 Å². The van der Waals surface area contributed by atoms with Crippen LogP contribution in [0.5, 0.6) is 0 Å². The van der Waals surface area contributed by atoms with Gasteiger partial charge >= 0.3 is 0 Å². The molecule has 5 nitrogen and oxygen atoms in total. The number of aromatic nitrogens is 2. The number of nitrogens with two attached hydrogens (primary N) is 2. The average molecular weight is 312 g/mol. The Kier molecular flexibility index (Phi) is 3.61. The van der Waals surface area contributed by atoms with Crippen LogP contribution >= 0.6 is 15.9 Å². The van der Waals surface area contributed by atoms with E-state index in [1.165, 1.54) is 12.1 Å². The van der Waals surface area contributed by atoms with Gasteiger partial charge in [-0.15, -0.1) is 0 Å². The van der Waals surface area contributed by atoms with Gasteiger partial charge in [0, 0.05) is 17.1 Å². The first kappa shape index (κ1) is 12.6. The van der Waals surface area contributed by atoms with Gasteiger partial charge in [-0.05, 0) is 23.8 Å². The zero-order chi connectivity index (χ0) is 13.1. The molecule has 0 atom stereocenters. The van der Waals surface area contributed by atoms with Crippen LogP contribution in [-0.4, -0.2) is 9.97 Å². The van der Waals surface area contributed by atoms with E-state index in [0.29, 0.717) is 12.4 Å². The minimum atomic E-state index is -0.295. The van der Waals surface area contributed by atoms with Crippen molar-refractivity contribution >= 4 is 33.5 Å². The van der Waals surface area contributed by atoms with Crippen LogP contribution in [0.3, 0.4) is 0 Å². The smallest absolute Gasteiger partial charge is 0.223 e. The fourth-order valence-electron chi connectivity index (χ4n) is 1.44. The van der Waals surface area contributed by atoms with Crippen molar-refractivity contribution in [3.05, 3.63) is 40.1 Å². The number of hydrogen-bond acceptors (Lipinski definition) is 5. The van der Waals surface area contributed by atoms with E-state index in [2.05, 4.69) is 31.2 Å². The third-order valence-corrected chi connectivity index (χ3v) is 3.00. The number of anilines is 3. The first-order chi connectivity index (χ1) is 8.54. The summed E-state index contributed by atoms with van der Waals surface area (Å²) in [6, 6.07) is 6.03. The number of benzene rings is 1. The molecule has 0 amide bonds. The number of halogens is 2. The van der Waals surface area contributed by atoms with Crippen molar-refractivity contribution in [1.29, 1.82) is 0 Å². The van der Waals surface area contributed by atoms with Gasteiger partial charge in [-0.2, -0.15) is 9.97 Å². The number of rotatable bonds is 3. The van der Waals surface area contributed by atoms with Gasteiger partial charge in [0.05, 0.1) is 0 Å². The molecule has 0 saturated heterocycles. The zero-order valence-electron chi connectivity index (χ0n) is 9.32. The Labute approximate surface area is 112 Å². The van der Waals surface area contributed by atoms with E-state index in [0.717, 1.165) is 10.0 Å². The molecule has 0 saturated carbocycles. The lowest BCUT2D eigenvalue weighted by Gasteiger charge is -2.08. The van der Waals surface area contributed by atoms with Crippen LogP contribution in [-0.2, 0) is 6.54 Å². The minimum Gasteiger partial charge on any atom is -0.383 e. The van der Waals surface area contributed by atoms with E-state index >= 15 is 0 Å². The van der Waals surface area contributed by atoms with E-state index in [4.69, 9.17) is 11.5 Å². The lowest BCUT2D eigenvalue weighted by molar-refractivity contribution is 0.625. The maximum Gasteiger partial charge on any atom is 0.223 e. The number of hydrogen-bond donors (Lipinski definition) is 3. The second kappa shape index (κ2) is 5.18. The van der Waals surface area contributed by atoms with E-state index < -0.39 is 0 Å². The lowest BCUT2D eigenvalue weighted by atomic mass is 10.2. The maximum atomic E-state index is 13.1. The molecule has 1 aromatic heterocycles. The van der Waals surface area contributed by atoms with E-state index in [9.17, 15) is 4.39 Å². The molecule has 0 fully saturated rings. The maximum absolute atomic E-state index is 13.1. The van der Waals surface area contributed by atoms with Gasteiger partial charge in [0.25, 0.3) is 0 Å². The molecule has 94 valence electrons. The van der Waals surface area contributed by atoms with Crippen LogP contribution in [0.2, 0.25) is 0 Å². The second-order valence-electron chi connectivity index (χ2n) is 3.63. The monoisotopic (exact) mass is 311 g/mol. The summed E-state index contributed by atoms with van der Waals surface area (Å²) in [5.74, 6) is 0.576. The van der Waals surface area contributed by atoms with Gasteiger partial charge in [-0.1, -0.05) is 15.9 Å². The fourth-order valence-corrected chi connectivity index (χ4v) is 1.83. The molecule has 18 heavy (non-hydrogen) atoms. The van der Waals surface area contributed by atoms with Crippen LogP contribution in [0.25, 0.3) is 0 Å². The Morgan fingerprint density at radius 1 is 1.22 bits per heavy atom. The van der Waals surface area contributed by atoms with Crippen molar-refractivity contribution in [2.75, 3.05) is 16.8 Å². The molecule has 0 radical (unpaired) electrons. The molecule has 1 heterocycles. The summed E-state index contributed by atoms with van der Waals surface area (Å²) in [4.78, 5) is 7.72. The summed E-state index contributed by atoms with van der Waals surface area (Å²) in [6.45, 7) is 0.397. The molecule has 0 unspecified atom stereocenters. The van der Waals surface area contributed by atoms with Crippen molar-refractivity contribution < 1.29 is 4.39 Å². The van der Waals surface area contributed by atoms with Crippen LogP contribution in [0, 0.1) is 5.82 Å². The largest absolute Gasteiger partial charge is 0.383 e. The number of nitrogen functional groups attached to an aromatic ring is 2. The Morgan fingerprint density at radius 3 is 2.72 bits per heavy atom. The summed E-state index contributed by atoms with van der Waals surface area (Å²) < 4.78 is 13.9. The molecule has 2 rings (SSSR count). The molecule has 0 aliphatic rings. The van der Waals surface area contributed by atoms with E-state index in [1.807, 2.05) is 0 Å². The zero-order valence-corrected chi connectivity index (χ0v) is 10.9. The Morgan fingerprint density at radius 2 is 2.00 bits per heavy atom. The van der Waals surface area contributed by atoms with E-state index in [-0.39, 0.29) is 17.6 Å². The molecule has 0 aliphatic heterocycles. The fraction of sp³-hybridized carbons (Fsp3) is 0.0909. The summed E-state index contributed by atoms with van der Waals surface area (Å²) in [6.07, 6.45) is 0. The molecule has 0 bridgehead atoms. The van der Waals surface area contributed by atoms with Gasteiger partial charge in [0.15, 0.2) is 0 Å². The standard InChI is InChI=1S/C11H11BrFN5/c12-8-2-1-7(13)3-6(8)5-16-10-4-9(14)17-11(15)18-10/h1-4H,5H2,(H5,14,15,16,17,18). The van der Waals surface area contributed by atoms with Gasteiger partial charge < -0.3 is 16.8 Å². The number of nitrogens with zero attached hydrogens (tertiary/aromatic N) is 2. The third-order valence-electron chi connectivity index (χ3n) is 2.23. The minimum absolute atomic E-state index is 0.0933. The van der Waals surface area contributed by atoms with Crippen molar-refractivity contribution in [3.63, 3.8) is 0 Å². The highest BCUT2D eigenvalue weighted by Gasteiger charge is 2.04. The topological polar surface area (TPSA) is 89.8 Å². The molecule has 2 aromatic rings. The average Bonchev–Trinajstić information content (AvgIpc) is 2.29. The van der Waals surface area contributed by atoms with Crippen LogP contribution in [0.15, 0.2) is 28.7 Å². The highest BCUT2D eigenvalue weighted by molar-refractivity contribution is 9.10. The molecule has 0 spiro atoms. The summed E-state index contributed by atoms with van der Waals surface area (Å²) in [5.41, 5.74) is 11.8. The summed E-state index contributed by atoms with van der Waals surface area (Å²) >= 11 is 3.34. The predicted molar refractivity (Wildman–Crippen MR) is 72.3 cm³/mol. The van der Waals surface area contributed by atoms with Crippen molar-refractivity contribution in [3.8, 4) is 0 Å². The molecule has 7 heteroatoms. The molecule has 0 aliphatic carbocycles. The summed E-state index contributed by atoms with van der Waals surface area (Å²) in [5, 5.41) is 3.00. The predicted octanol–water partition coefficient (Wildman–Crippen LogP) is 2.15. The van der Waals surface area contributed by atoms with Crippen molar-refractivity contribution in [2.45, 2.75) is 6.54 Å². The normalized spacial score (nSPS) is 10.3. The Hall–Kier alpha value is -1.89.